The summed E-state index contributed by atoms with van der Waals surface area (Å²) in [5, 5.41) is 5.61. The van der Waals surface area contributed by atoms with Crippen LogP contribution in [0.2, 0.25) is 20.1 Å². The number of rotatable bonds is 9. The van der Waals surface area contributed by atoms with E-state index in [0.717, 1.165) is 30.0 Å². The average molecular weight is 556 g/mol. The molecule has 0 spiro atoms. The van der Waals surface area contributed by atoms with Crippen LogP contribution in [-0.4, -0.2) is 32.9 Å². The normalized spacial score (nSPS) is 13.6. The molecule has 0 amide bonds. The number of halogens is 4. The van der Waals surface area contributed by atoms with Crippen LogP contribution in [-0.2, 0) is 17.9 Å². The minimum Gasteiger partial charge on any atom is -0.490 e. The summed E-state index contributed by atoms with van der Waals surface area (Å²) in [4.78, 5) is 2.23. The number of hydrogen-bond donors (Lipinski definition) is 1. The highest BCUT2D eigenvalue weighted by Gasteiger charge is 2.16. The molecule has 186 valence electrons. The van der Waals surface area contributed by atoms with E-state index >= 15 is 0 Å². The molecule has 0 unspecified atom stereocenters. The number of benzene rings is 3. The van der Waals surface area contributed by atoms with Crippen LogP contribution < -0.4 is 19.7 Å². The first-order chi connectivity index (χ1) is 17.0. The van der Waals surface area contributed by atoms with Crippen molar-refractivity contribution in [2.45, 2.75) is 20.1 Å². The lowest BCUT2D eigenvalue weighted by Crippen LogP contribution is -2.36. The van der Waals surface area contributed by atoms with Crippen LogP contribution in [0, 0.1) is 0 Å². The molecule has 1 fully saturated rings. The van der Waals surface area contributed by atoms with E-state index in [1.54, 1.807) is 18.2 Å². The molecule has 35 heavy (non-hydrogen) atoms. The van der Waals surface area contributed by atoms with Gasteiger partial charge in [-0.3, -0.25) is 0 Å². The van der Waals surface area contributed by atoms with E-state index in [1.807, 2.05) is 37.3 Å². The van der Waals surface area contributed by atoms with Gasteiger partial charge in [-0.1, -0.05) is 52.5 Å². The van der Waals surface area contributed by atoms with Gasteiger partial charge in [0.2, 0.25) is 0 Å². The Morgan fingerprint density at radius 1 is 0.886 bits per heavy atom. The summed E-state index contributed by atoms with van der Waals surface area (Å²) in [5.41, 5.74) is 3.56. The first-order valence-corrected chi connectivity index (χ1v) is 12.8. The van der Waals surface area contributed by atoms with Gasteiger partial charge in [0.25, 0.3) is 0 Å². The Morgan fingerprint density at radius 2 is 1.63 bits per heavy atom. The number of nitrogens with one attached hydrogen (secondary N) is 1. The lowest BCUT2D eigenvalue weighted by molar-refractivity contribution is 0.122. The zero-order chi connectivity index (χ0) is 24.8. The average Bonchev–Trinajstić information content (AvgIpc) is 2.84. The highest BCUT2D eigenvalue weighted by Crippen LogP contribution is 2.38. The molecule has 1 N–H and O–H groups in total. The fourth-order valence-corrected chi connectivity index (χ4v) is 4.92. The minimum atomic E-state index is 0.171. The molecule has 9 heteroatoms. The molecule has 0 atom stereocenters. The van der Waals surface area contributed by atoms with Gasteiger partial charge in [0.1, 0.15) is 6.61 Å². The van der Waals surface area contributed by atoms with Gasteiger partial charge in [0.05, 0.1) is 35.6 Å². The number of anilines is 2. The number of ether oxygens (including phenoxy) is 3. The summed E-state index contributed by atoms with van der Waals surface area (Å²) in [6.45, 7) is 6.17. The van der Waals surface area contributed by atoms with Gasteiger partial charge in [-0.15, -0.1) is 0 Å². The maximum atomic E-state index is 6.59. The van der Waals surface area contributed by atoms with Crippen molar-refractivity contribution in [3.63, 3.8) is 0 Å². The maximum absolute atomic E-state index is 6.59. The van der Waals surface area contributed by atoms with E-state index in [-0.39, 0.29) is 6.61 Å². The van der Waals surface area contributed by atoms with Crippen molar-refractivity contribution < 1.29 is 14.2 Å². The van der Waals surface area contributed by atoms with Gasteiger partial charge in [-0.2, -0.15) is 0 Å². The standard InChI is InChI=1S/C26H26Cl4N2O3/c1-2-34-25-13-17(12-23(30)26(25)35-16-19-20(27)4-3-5-21(19)28)15-31-18-6-7-24(22(29)14-18)32-8-10-33-11-9-32/h3-7,12-14,31H,2,8-11,15-16H2,1H3. The molecular weight excluding hydrogens is 530 g/mol. The van der Waals surface area contributed by atoms with E-state index in [4.69, 9.17) is 60.6 Å². The van der Waals surface area contributed by atoms with Crippen molar-refractivity contribution >= 4 is 57.8 Å². The predicted octanol–water partition coefficient (Wildman–Crippen LogP) is 7.73. The van der Waals surface area contributed by atoms with E-state index < -0.39 is 0 Å². The molecule has 0 saturated carbocycles. The molecule has 0 aromatic heterocycles. The Balaban J connectivity index is 1.46. The lowest BCUT2D eigenvalue weighted by Gasteiger charge is -2.29. The van der Waals surface area contributed by atoms with Crippen molar-refractivity contribution in [1.82, 2.24) is 0 Å². The first kappa shape index (κ1) is 26.1. The highest BCUT2D eigenvalue weighted by atomic mass is 35.5. The van der Waals surface area contributed by atoms with Gasteiger partial charge < -0.3 is 24.4 Å². The molecule has 1 heterocycles. The second-order valence-corrected chi connectivity index (χ2v) is 9.57. The van der Waals surface area contributed by atoms with E-state index in [2.05, 4.69) is 10.2 Å². The molecule has 0 bridgehead atoms. The summed E-state index contributed by atoms with van der Waals surface area (Å²) in [7, 11) is 0. The number of hydrogen-bond acceptors (Lipinski definition) is 5. The predicted molar refractivity (Wildman–Crippen MR) is 145 cm³/mol. The molecule has 1 aliphatic rings. The maximum Gasteiger partial charge on any atom is 0.180 e. The zero-order valence-corrected chi connectivity index (χ0v) is 22.3. The summed E-state index contributed by atoms with van der Waals surface area (Å²) in [6, 6.07) is 15.1. The molecule has 0 radical (unpaired) electrons. The molecule has 1 aliphatic heterocycles. The van der Waals surface area contributed by atoms with Gasteiger partial charge in [-0.05, 0) is 55.0 Å². The van der Waals surface area contributed by atoms with Gasteiger partial charge >= 0.3 is 0 Å². The minimum absolute atomic E-state index is 0.171. The van der Waals surface area contributed by atoms with Gasteiger partial charge in [-0.25, -0.2) is 0 Å². The number of nitrogens with zero attached hydrogens (tertiary/aromatic N) is 1. The second-order valence-electron chi connectivity index (χ2n) is 7.95. The highest BCUT2D eigenvalue weighted by molar-refractivity contribution is 6.36. The van der Waals surface area contributed by atoms with Crippen molar-refractivity contribution in [3.05, 3.63) is 79.7 Å². The lowest BCUT2D eigenvalue weighted by atomic mass is 10.1. The SMILES string of the molecule is CCOc1cc(CNc2ccc(N3CCOCC3)c(Cl)c2)cc(Cl)c1OCc1c(Cl)cccc1Cl. The third-order valence-corrected chi connectivity index (χ3v) is 6.88. The Kier molecular flexibility index (Phi) is 9.15. The molecular formula is C26H26Cl4N2O3. The summed E-state index contributed by atoms with van der Waals surface area (Å²) >= 11 is 25.7. The van der Waals surface area contributed by atoms with Crippen molar-refractivity contribution in [1.29, 1.82) is 0 Å². The van der Waals surface area contributed by atoms with E-state index in [1.165, 1.54) is 0 Å². The Hall–Kier alpha value is -2.02. The second kappa shape index (κ2) is 12.3. The van der Waals surface area contributed by atoms with Crippen LogP contribution in [0.15, 0.2) is 48.5 Å². The smallest absolute Gasteiger partial charge is 0.180 e. The third-order valence-electron chi connectivity index (χ3n) is 5.59. The summed E-state index contributed by atoms with van der Waals surface area (Å²) in [6.07, 6.45) is 0. The quantitative estimate of drug-likeness (QED) is 0.292. The molecule has 5 nitrogen and oxygen atoms in total. The Morgan fingerprint density at radius 3 is 2.31 bits per heavy atom. The van der Waals surface area contributed by atoms with Crippen LogP contribution >= 0.6 is 46.4 Å². The Bertz CT molecular complexity index is 1150. The molecule has 3 aromatic rings. The Labute approximate surface area is 225 Å². The van der Waals surface area contributed by atoms with Crippen LogP contribution in [0.3, 0.4) is 0 Å². The molecule has 3 aromatic carbocycles. The van der Waals surface area contributed by atoms with Crippen LogP contribution in [0.25, 0.3) is 0 Å². The first-order valence-electron chi connectivity index (χ1n) is 11.3. The van der Waals surface area contributed by atoms with Crippen molar-refractivity contribution in [3.8, 4) is 11.5 Å². The van der Waals surface area contributed by atoms with Crippen molar-refractivity contribution in [2.24, 2.45) is 0 Å². The molecule has 1 saturated heterocycles. The fraction of sp³-hybridized carbons (Fsp3) is 0.308. The monoisotopic (exact) mass is 554 g/mol. The number of morpholine rings is 1. The third kappa shape index (κ3) is 6.60. The topological polar surface area (TPSA) is 43.0 Å². The van der Waals surface area contributed by atoms with Gasteiger partial charge in [0, 0.05) is 40.9 Å². The molecule has 4 rings (SSSR count). The van der Waals surface area contributed by atoms with Crippen LogP contribution in [0.1, 0.15) is 18.1 Å². The largest absolute Gasteiger partial charge is 0.490 e. The van der Waals surface area contributed by atoms with Crippen molar-refractivity contribution in [2.75, 3.05) is 43.1 Å². The fourth-order valence-electron chi connectivity index (χ4n) is 3.82. The van der Waals surface area contributed by atoms with Gasteiger partial charge in [0.15, 0.2) is 11.5 Å². The van der Waals surface area contributed by atoms with Crippen LogP contribution in [0.5, 0.6) is 11.5 Å². The van der Waals surface area contributed by atoms with Crippen LogP contribution in [0.4, 0.5) is 11.4 Å². The molecule has 0 aliphatic carbocycles. The zero-order valence-electron chi connectivity index (χ0n) is 19.3. The summed E-state index contributed by atoms with van der Waals surface area (Å²) in [5.74, 6) is 1.01. The van der Waals surface area contributed by atoms with E-state index in [9.17, 15) is 0 Å². The summed E-state index contributed by atoms with van der Waals surface area (Å²) < 4.78 is 17.2. The van der Waals surface area contributed by atoms with E-state index in [0.29, 0.717) is 63.5 Å².